The Kier molecular flexibility index (Phi) is 3.17. The van der Waals surface area contributed by atoms with Crippen molar-refractivity contribution < 1.29 is 4.74 Å². The summed E-state index contributed by atoms with van der Waals surface area (Å²) in [6.45, 7) is 1.93. The van der Waals surface area contributed by atoms with Gasteiger partial charge in [0.25, 0.3) is 0 Å². The summed E-state index contributed by atoms with van der Waals surface area (Å²) in [6.07, 6.45) is 1.74. The Morgan fingerprint density at radius 1 is 1.12 bits per heavy atom. The largest absolute Gasteiger partial charge is 0.439 e. The summed E-state index contributed by atoms with van der Waals surface area (Å²) in [4.78, 5) is 4.19. The molecule has 3 nitrogen and oxygen atoms in total. The van der Waals surface area contributed by atoms with Crippen LogP contribution in [0.25, 0.3) is 0 Å². The summed E-state index contributed by atoms with van der Waals surface area (Å²) in [5.41, 5.74) is 6.74. The lowest BCUT2D eigenvalue weighted by Crippen LogP contribution is -2.05. The first-order valence-corrected chi connectivity index (χ1v) is 5.20. The van der Waals surface area contributed by atoms with E-state index in [1.165, 1.54) is 0 Å². The van der Waals surface area contributed by atoms with Gasteiger partial charge in [0.1, 0.15) is 5.75 Å². The molecule has 0 aliphatic carbocycles. The zero-order chi connectivity index (χ0) is 11.4. The average Bonchev–Trinajstić information content (AvgIpc) is 2.31. The van der Waals surface area contributed by atoms with Crippen molar-refractivity contribution >= 4 is 0 Å². The van der Waals surface area contributed by atoms with Gasteiger partial charge in [0.15, 0.2) is 0 Å². The number of hydrogen-bond donors (Lipinski definition) is 1. The van der Waals surface area contributed by atoms with Gasteiger partial charge >= 0.3 is 0 Å². The topological polar surface area (TPSA) is 48.1 Å². The van der Waals surface area contributed by atoms with Gasteiger partial charge in [0, 0.05) is 18.3 Å². The Labute approximate surface area is 94.9 Å². The van der Waals surface area contributed by atoms with Crippen molar-refractivity contribution in [2.24, 2.45) is 5.73 Å². The molecule has 1 heterocycles. The number of rotatable bonds is 3. The van der Waals surface area contributed by atoms with E-state index >= 15 is 0 Å². The number of ether oxygens (including phenoxy) is 1. The van der Waals surface area contributed by atoms with Gasteiger partial charge in [-0.25, -0.2) is 4.98 Å². The van der Waals surface area contributed by atoms with Crippen molar-refractivity contribution in [3.8, 4) is 11.6 Å². The van der Waals surface area contributed by atoms with Gasteiger partial charge in [-0.3, -0.25) is 0 Å². The van der Waals surface area contributed by atoms with Gasteiger partial charge in [0.05, 0.1) is 0 Å². The first-order chi connectivity index (χ1) is 7.75. The predicted molar refractivity (Wildman–Crippen MR) is 63.4 cm³/mol. The minimum atomic E-state index is -0.00160. The van der Waals surface area contributed by atoms with Crippen LogP contribution in [0.4, 0.5) is 0 Å². The molecule has 0 radical (unpaired) electrons. The maximum absolute atomic E-state index is 5.74. The van der Waals surface area contributed by atoms with Crippen molar-refractivity contribution in [3.05, 3.63) is 54.2 Å². The molecule has 0 amide bonds. The van der Waals surface area contributed by atoms with Crippen molar-refractivity contribution in [3.63, 3.8) is 0 Å². The molecule has 0 fully saturated rings. The van der Waals surface area contributed by atoms with E-state index in [-0.39, 0.29) is 6.04 Å². The van der Waals surface area contributed by atoms with Crippen LogP contribution in [-0.2, 0) is 0 Å². The maximum Gasteiger partial charge on any atom is 0.219 e. The third-order valence-corrected chi connectivity index (χ3v) is 2.25. The van der Waals surface area contributed by atoms with Crippen LogP contribution < -0.4 is 10.5 Å². The Morgan fingerprint density at radius 3 is 2.44 bits per heavy atom. The Morgan fingerprint density at radius 2 is 1.88 bits per heavy atom. The van der Waals surface area contributed by atoms with E-state index in [4.69, 9.17) is 10.5 Å². The lowest BCUT2D eigenvalue weighted by atomic mass is 10.2. The SMILES string of the molecule is CC(N)c1ccc(Oc2ccccc2)nc1. The van der Waals surface area contributed by atoms with Crippen LogP contribution in [0, 0.1) is 0 Å². The fourth-order valence-electron chi connectivity index (χ4n) is 1.33. The van der Waals surface area contributed by atoms with Crippen LogP contribution in [0.15, 0.2) is 48.7 Å². The van der Waals surface area contributed by atoms with E-state index in [0.717, 1.165) is 11.3 Å². The quantitative estimate of drug-likeness (QED) is 0.854. The number of benzene rings is 1. The second-order valence-corrected chi connectivity index (χ2v) is 3.63. The molecule has 1 unspecified atom stereocenters. The zero-order valence-corrected chi connectivity index (χ0v) is 9.13. The highest BCUT2D eigenvalue weighted by atomic mass is 16.5. The lowest BCUT2D eigenvalue weighted by molar-refractivity contribution is 0.462. The molecule has 2 rings (SSSR count). The second-order valence-electron chi connectivity index (χ2n) is 3.63. The number of nitrogens with zero attached hydrogens (tertiary/aromatic N) is 1. The molecular formula is C13H14N2O. The van der Waals surface area contributed by atoms with E-state index in [9.17, 15) is 0 Å². The van der Waals surface area contributed by atoms with Gasteiger partial charge in [0.2, 0.25) is 5.88 Å². The smallest absolute Gasteiger partial charge is 0.219 e. The standard InChI is InChI=1S/C13H14N2O/c1-10(14)11-7-8-13(15-9-11)16-12-5-3-2-4-6-12/h2-10H,14H2,1H3. The molecule has 0 aliphatic rings. The molecule has 82 valence electrons. The van der Waals surface area contributed by atoms with Crippen LogP contribution >= 0.6 is 0 Å². The number of pyridine rings is 1. The molecule has 1 atom stereocenters. The number of hydrogen-bond acceptors (Lipinski definition) is 3. The number of para-hydroxylation sites is 1. The molecule has 2 aromatic rings. The first-order valence-electron chi connectivity index (χ1n) is 5.20. The highest BCUT2D eigenvalue weighted by molar-refractivity contribution is 5.28. The third kappa shape index (κ3) is 2.58. The third-order valence-electron chi connectivity index (χ3n) is 2.25. The Balaban J connectivity index is 2.11. The van der Waals surface area contributed by atoms with Crippen LogP contribution in [-0.4, -0.2) is 4.98 Å². The van der Waals surface area contributed by atoms with E-state index in [1.54, 1.807) is 6.20 Å². The maximum atomic E-state index is 5.74. The minimum absolute atomic E-state index is 0.00160. The normalized spacial score (nSPS) is 12.1. The second kappa shape index (κ2) is 4.77. The summed E-state index contributed by atoms with van der Waals surface area (Å²) >= 11 is 0. The summed E-state index contributed by atoms with van der Waals surface area (Å²) < 4.78 is 5.56. The number of nitrogens with two attached hydrogens (primary N) is 1. The van der Waals surface area contributed by atoms with Crippen molar-refractivity contribution in [1.82, 2.24) is 4.98 Å². The van der Waals surface area contributed by atoms with Crippen LogP contribution in [0.3, 0.4) is 0 Å². The molecule has 0 spiro atoms. The van der Waals surface area contributed by atoms with Crippen molar-refractivity contribution in [1.29, 1.82) is 0 Å². The Bertz CT molecular complexity index is 437. The van der Waals surface area contributed by atoms with Crippen molar-refractivity contribution in [2.75, 3.05) is 0 Å². The first kappa shape index (κ1) is 10.6. The zero-order valence-electron chi connectivity index (χ0n) is 9.13. The lowest BCUT2D eigenvalue weighted by Gasteiger charge is -2.07. The van der Waals surface area contributed by atoms with Crippen molar-refractivity contribution in [2.45, 2.75) is 13.0 Å². The van der Waals surface area contributed by atoms with Gasteiger partial charge in [-0.1, -0.05) is 24.3 Å². The van der Waals surface area contributed by atoms with E-state index < -0.39 is 0 Å². The monoisotopic (exact) mass is 214 g/mol. The highest BCUT2D eigenvalue weighted by Gasteiger charge is 2.01. The molecule has 2 N–H and O–H groups in total. The molecule has 1 aromatic carbocycles. The van der Waals surface area contributed by atoms with Gasteiger partial charge in [-0.05, 0) is 24.6 Å². The van der Waals surface area contributed by atoms with Crippen LogP contribution in [0.1, 0.15) is 18.5 Å². The van der Waals surface area contributed by atoms with Crippen LogP contribution in [0.5, 0.6) is 11.6 Å². The predicted octanol–water partition coefficient (Wildman–Crippen LogP) is 2.89. The summed E-state index contributed by atoms with van der Waals surface area (Å²) in [5.74, 6) is 1.36. The summed E-state index contributed by atoms with van der Waals surface area (Å²) in [6, 6.07) is 13.3. The highest BCUT2D eigenvalue weighted by Crippen LogP contribution is 2.19. The molecule has 0 saturated heterocycles. The average molecular weight is 214 g/mol. The van der Waals surface area contributed by atoms with E-state index in [0.29, 0.717) is 5.88 Å². The van der Waals surface area contributed by atoms with Gasteiger partial charge in [-0.2, -0.15) is 0 Å². The molecule has 0 aliphatic heterocycles. The molecule has 1 aromatic heterocycles. The summed E-state index contributed by atoms with van der Waals surface area (Å²) in [7, 11) is 0. The molecule has 3 heteroatoms. The fourth-order valence-corrected chi connectivity index (χ4v) is 1.33. The minimum Gasteiger partial charge on any atom is -0.439 e. The molecule has 0 bridgehead atoms. The molecule has 16 heavy (non-hydrogen) atoms. The van der Waals surface area contributed by atoms with Gasteiger partial charge in [-0.15, -0.1) is 0 Å². The van der Waals surface area contributed by atoms with Crippen LogP contribution in [0.2, 0.25) is 0 Å². The fraction of sp³-hybridized carbons (Fsp3) is 0.154. The van der Waals surface area contributed by atoms with Gasteiger partial charge < -0.3 is 10.5 Å². The van der Waals surface area contributed by atoms with E-state index in [1.807, 2.05) is 49.4 Å². The molecular weight excluding hydrogens is 200 g/mol. The van der Waals surface area contributed by atoms with E-state index in [2.05, 4.69) is 4.98 Å². The molecule has 0 saturated carbocycles. The summed E-state index contributed by atoms with van der Waals surface area (Å²) in [5, 5.41) is 0. The Hall–Kier alpha value is -1.87. The number of aromatic nitrogens is 1.